The molecule has 0 aliphatic carbocycles. The molecule has 4 aromatic rings. The summed E-state index contributed by atoms with van der Waals surface area (Å²) in [5.41, 5.74) is 7.48. The average Bonchev–Trinajstić information content (AvgIpc) is 3.07. The molecule has 0 saturated carbocycles. The van der Waals surface area contributed by atoms with Gasteiger partial charge in [-0.25, -0.2) is 19.3 Å². The van der Waals surface area contributed by atoms with Gasteiger partial charge in [-0.15, -0.1) is 0 Å². The van der Waals surface area contributed by atoms with E-state index in [2.05, 4.69) is 15.0 Å². The van der Waals surface area contributed by atoms with Crippen LogP contribution in [0.2, 0.25) is 0 Å². The molecular formula is C22H20FN5O. The van der Waals surface area contributed by atoms with Gasteiger partial charge in [0, 0.05) is 11.3 Å². The zero-order chi connectivity index (χ0) is 20.6. The van der Waals surface area contributed by atoms with Gasteiger partial charge in [-0.3, -0.25) is 4.57 Å². The van der Waals surface area contributed by atoms with Crippen molar-refractivity contribution in [3.63, 3.8) is 0 Å². The quantitative estimate of drug-likeness (QED) is 0.551. The molecule has 29 heavy (non-hydrogen) atoms. The van der Waals surface area contributed by atoms with Crippen molar-refractivity contribution in [2.24, 2.45) is 0 Å². The van der Waals surface area contributed by atoms with E-state index in [0.717, 1.165) is 5.69 Å². The number of halogens is 1. The number of hydrogen-bond acceptors (Lipinski definition) is 5. The fourth-order valence-electron chi connectivity index (χ4n) is 2.99. The number of para-hydroxylation sites is 1. The maximum absolute atomic E-state index is 13.9. The number of rotatable bonds is 4. The van der Waals surface area contributed by atoms with E-state index in [1.807, 2.05) is 34.9 Å². The molecule has 0 bridgehead atoms. The highest BCUT2D eigenvalue weighted by Crippen LogP contribution is 2.30. The summed E-state index contributed by atoms with van der Waals surface area (Å²) < 4.78 is 15.7. The first-order valence-electron chi connectivity index (χ1n) is 9.11. The number of aromatic nitrogens is 4. The molecule has 0 spiro atoms. The molecule has 0 amide bonds. The first kappa shape index (κ1) is 18.8. The maximum atomic E-state index is 13.9. The van der Waals surface area contributed by atoms with Gasteiger partial charge in [0.15, 0.2) is 22.8 Å². The van der Waals surface area contributed by atoms with Gasteiger partial charge in [-0.1, -0.05) is 30.3 Å². The Kier molecular flexibility index (Phi) is 4.60. The van der Waals surface area contributed by atoms with Crippen molar-refractivity contribution in [3.8, 4) is 17.1 Å². The Hall–Kier alpha value is -3.58. The van der Waals surface area contributed by atoms with E-state index in [4.69, 9.17) is 5.73 Å². The van der Waals surface area contributed by atoms with Crippen molar-refractivity contribution in [3.05, 3.63) is 72.3 Å². The van der Waals surface area contributed by atoms with Gasteiger partial charge in [-0.05, 0) is 50.3 Å². The fourth-order valence-corrected chi connectivity index (χ4v) is 2.99. The molecule has 2 heterocycles. The number of fused-ring (bicyclic) bond motifs is 1. The first-order valence-corrected chi connectivity index (χ1v) is 9.11. The molecule has 3 N–H and O–H groups in total. The summed E-state index contributed by atoms with van der Waals surface area (Å²) in [5.74, 6) is 0.704. The topological polar surface area (TPSA) is 89.9 Å². The number of nitrogens with zero attached hydrogens (tertiary/aromatic N) is 4. The van der Waals surface area contributed by atoms with Crippen molar-refractivity contribution in [1.29, 1.82) is 0 Å². The van der Waals surface area contributed by atoms with E-state index < -0.39 is 5.60 Å². The zero-order valence-electron chi connectivity index (χ0n) is 16.0. The highest BCUT2D eigenvalue weighted by atomic mass is 19.1. The third-order valence-electron chi connectivity index (χ3n) is 4.29. The lowest BCUT2D eigenvalue weighted by Gasteiger charge is -2.10. The molecule has 0 radical (unpaired) electrons. The Morgan fingerprint density at radius 3 is 2.48 bits per heavy atom. The summed E-state index contributed by atoms with van der Waals surface area (Å²) in [4.78, 5) is 13.5. The molecule has 2 aromatic heterocycles. The predicted molar refractivity (Wildman–Crippen MR) is 112 cm³/mol. The molecule has 6 nitrogen and oxygen atoms in total. The van der Waals surface area contributed by atoms with Crippen molar-refractivity contribution >= 4 is 23.1 Å². The van der Waals surface area contributed by atoms with Crippen LogP contribution in [0.1, 0.15) is 19.7 Å². The van der Waals surface area contributed by atoms with Gasteiger partial charge in [0.25, 0.3) is 0 Å². The molecule has 2 aromatic carbocycles. The summed E-state index contributed by atoms with van der Waals surface area (Å²) in [7, 11) is 0. The van der Waals surface area contributed by atoms with Crippen molar-refractivity contribution in [1.82, 2.24) is 19.5 Å². The van der Waals surface area contributed by atoms with Crippen LogP contribution in [0.4, 0.5) is 10.2 Å². The SMILES string of the molecule is CC(C)(O)C=Cc1nc(N)c2nc(-c3cccc(F)c3)n(-c3ccccc3)c2n1. The van der Waals surface area contributed by atoms with Gasteiger partial charge in [0.1, 0.15) is 11.6 Å². The van der Waals surface area contributed by atoms with Crippen LogP contribution < -0.4 is 5.73 Å². The van der Waals surface area contributed by atoms with E-state index in [0.29, 0.717) is 28.4 Å². The van der Waals surface area contributed by atoms with Crippen LogP contribution in [0.5, 0.6) is 0 Å². The second-order valence-electron chi connectivity index (χ2n) is 7.24. The minimum absolute atomic E-state index is 0.206. The molecule has 0 fully saturated rings. The highest BCUT2D eigenvalue weighted by Gasteiger charge is 2.19. The number of imidazole rings is 1. The molecular weight excluding hydrogens is 369 g/mol. The van der Waals surface area contributed by atoms with E-state index in [1.54, 1.807) is 38.1 Å². The lowest BCUT2D eigenvalue weighted by molar-refractivity contribution is 0.134. The van der Waals surface area contributed by atoms with Gasteiger partial charge < -0.3 is 10.8 Å². The van der Waals surface area contributed by atoms with E-state index in [-0.39, 0.29) is 11.6 Å². The van der Waals surface area contributed by atoms with Gasteiger partial charge >= 0.3 is 0 Å². The largest absolute Gasteiger partial charge is 0.386 e. The van der Waals surface area contributed by atoms with Crippen LogP contribution in [-0.2, 0) is 0 Å². The summed E-state index contributed by atoms with van der Waals surface area (Å²) in [6.45, 7) is 3.31. The lowest BCUT2D eigenvalue weighted by atomic mass is 10.1. The normalized spacial score (nSPS) is 12.1. The monoisotopic (exact) mass is 389 g/mol. The Balaban J connectivity index is 2.01. The van der Waals surface area contributed by atoms with Crippen LogP contribution in [0.25, 0.3) is 34.3 Å². The van der Waals surface area contributed by atoms with Crippen LogP contribution >= 0.6 is 0 Å². The molecule has 0 saturated heterocycles. The average molecular weight is 389 g/mol. The molecule has 4 rings (SSSR count). The second-order valence-corrected chi connectivity index (χ2v) is 7.24. The van der Waals surface area contributed by atoms with Crippen LogP contribution in [0, 0.1) is 5.82 Å². The number of benzene rings is 2. The van der Waals surface area contributed by atoms with E-state index in [1.165, 1.54) is 12.1 Å². The van der Waals surface area contributed by atoms with E-state index in [9.17, 15) is 9.50 Å². The number of nitrogens with two attached hydrogens (primary N) is 1. The Labute approximate surface area is 167 Å². The zero-order valence-corrected chi connectivity index (χ0v) is 16.0. The summed E-state index contributed by atoms with van der Waals surface area (Å²) in [6.07, 6.45) is 3.20. The fraction of sp³-hybridized carbons (Fsp3) is 0.136. The van der Waals surface area contributed by atoms with Gasteiger partial charge in [-0.2, -0.15) is 0 Å². The maximum Gasteiger partial charge on any atom is 0.171 e. The lowest BCUT2D eigenvalue weighted by Crippen LogP contribution is -2.13. The summed E-state index contributed by atoms with van der Waals surface area (Å²) in [6, 6.07) is 15.7. The van der Waals surface area contributed by atoms with E-state index >= 15 is 0 Å². The van der Waals surface area contributed by atoms with Crippen molar-refractivity contribution in [2.45, 2.75) is 19.4 Å². The van der Waals surface area contributed by atoms with Gasteiger partial charge in [0.05, 0.1) is 5.60 Å². The minimum Gasteiger partial charge on any atom is -0.386 e. The number of hydrogen-bond donors (Lipinski definition) is 2. The number of aliphatic hydroxyl groups is 1. The molecule has 0 unspecified atom stereocenters. The highest BCUT2D eigenvalue weighted by molar-refractivity contribution is 5.88. The van der Waals surface area contributed by atoms with Crippen LogP contribution in [0.15, 0.2) is 60.7 Å². The summed E-state index contributed by atoms with van der Waals surface area (Å²) in [5, 5.41) is 9.95. The first-order chi connectivity index (χ1) is 13.8. The number of anilines is 1. The molecule has 7 heteroatoms. The second kappa shape index (κ2) is 7.10. The van der Waals surface area contributed by atoms with Crippen LogP contribution in [-0.4, -0.2) is 30.2 Å². The molecule has 0 atom stereocenters. The predicted octanol–water partition coefficient (Wildman–Crippen LogP) is 3.99. The Morgan fingerprint density at radius 1 is 1.03 bits per heavy atom. The summed E-state index contributed by atoms with van der Waals surface area (Å²) >= 11 is 0. The van der Waals surface area contributed by atoms with Crippen LogP contribution in [0.3, 0.4) is 0 Å². The minimum atomic E-state index is -1.01. The molecule has 0 aliphatic heterocycles. The Bertz CT molecular complexity index is 1210. The Morgan fingerprint density at radius 2 is 1.79 bits per heavy atom. The number of nitrogen functional groups attached to an aromatic ring is 1. The smallest absolute Gasteiger partial charge is 0.171 e. The standard InChI is InChI=1S/C22H20FN5O/c1-22(2,29)12-11-17-25-19(24)18-21(26-17)28(16-9-4-3-5-10-16)20(27-18)14-7-6-8-15(23)13-14/h3-13,29H,1-2H3,(H2,24,25,26). The van der Waals surface area contributed by atoms with Crippen molar-refractivity contribution in [2.75, 3.05) is 5.73 Å². The van der Waals surface area contributed by atoms with Crippen molar-refractivity contribution < 1.29 is 9.50 Å². The third kappa shape index (κ3) is 3.86. The van der Waals surface area contributed by atoms with Gasteiger partial charge in [0.2, 0.25) is 0 Å². The molecule has 0 aliphatic rings. The third-order valence-corrected chi connectivity index (χ3v) is 4.29. The molecule has 146 valence electrons.